The van der Waals surface area contributed by atoms with Crippen molar-refractivity contribution in [2.45, 2.75) is 50.7 Å². The molecule has 0 aromatic heterocycles. The van der Waals surface area contributed by atoms with Gasteiger partial charge in [-0.05, 0) is 90.4 Å². The van der Waals surface area contributed by atoms with Crippen LogP contribution in [0.4, 0.5) is 5.69 Å². The fourth-order valence-electron chi connectivity index (χ4n) is 6.76. The number of carbonyl (C=O) groups is 3. The second-order valence-electron chi connectivity index (χ2n) is 11.9. The molecule has 13 heteroatoms. The van der Waals surface area contributed by atoms with E-state index in [4.69, 9.17) is 51.5 Å². The molecule has 0 N–H and O–H groups in total. The Morgan fingerprint density at radius 3 is 2.34 bits per heavy atom. The minimum Gasteiger partial charge on any atom is -0.271 e. The molecule has 3 aliphatic heterocycles. The van der Waals surface area contributed by atoms with Crippen LogP contribution in [-0.4, -0.2) is 52.1 Å². The molecule has 4 aliphatic rings. The summed E-state index contributed by atoms with van der Waals surface area (Å²) in [7, 11) is 0. The number of amides is 3. The molecule has 3 amide bonds. The van der Waals surface area contributed by atoms with Gasteiger partial charge in [0, 0.05) is 26.0 Å². The normalized spacial score (nSPS) is 24.3. The Hall–Kier alpha value is -3.76. The highest BCUT2D eigenvalue weighted by atomic mass is 35.5. The molecule has 7 rings (SSSR count). The summed E-state index contributed by atoms with van der Waals surface area (Å²) < 4.78 is 0. The molecule has 0 unspecified atom stereocenters. The van der Waals surface area contributed by atoms with Crippen LogP contribution in [0.15, 0.2) is 81.7 Å². The fraction of sp³-hybridized carbons (Fsp3) is 0.294. The van der Waals surface area contributed by atoms with Gasteiger partial charge in [0.1, 0.15) is 6.54 Å². The Morgan fingerprint density at radius 2 is 1.64 bits per heavy atom. The maximum Gasteiger partial charge on any atom is 0.264 e. The zero-order valence-electron chi connectivity index (χ0n) is 25.1. The molecule has 47 heavy (non-hydrogen) atoms. The van der Waals surface area contributed by atoms with E-state index in [0.717, 1.165) is 53.0 Å². The average Bonchev–Trinajstić information content (AvgIpc) is 3.72. The molecule has 0 bridgehead atoms. The van der Waals surface area contributed by atoms with E-state index in [2.05, 4.69) is 10.3 Å². The Bertz CT molecular complexity index is 1890. The predicted octanol–water partition coefficient (Wildman–Crippen LogP) is 7.98. The molecule has 0 radical (unpaired) electrons. The number of allylic oxidation sites excluding steroid dienone is 1. The van der Waals surface area contributed by atoms with Gasteiger partial charge in [-0.15, -0.1) is 0 Å². The van der Waals surface area contributed by atoms with E-state index in [1.54, 1.807) is 36.4 Å². The lowest BCUT2D eigenvalue weighted by atomic mass is 9.77. The van der Waals surface area contributed by atoms with E-state index >= 15 is 0 Å². The topological polar surface area (TPSA) is 98.0 Å². The Labute approximate surface area is 291 Å². The van der Waals surface area contributed by atoms with Crippen LogP contribution >= 0.6 is 46.4 Å². The molecule has 0 spiro atoms. The smallest absolute Gasteiger partial charge is 0.264 e. The third-order valence-electron chi connectivity index (χ3n) is 9.09. The first-order chi connectivity index (χ1) is 22.6. The van der Waals surface area contributed by atoms with Gasteiger partial charge in [0.25, 0.3) is 17.7 Å². The molecule has 3 heterocycles. The molecule has 1 saturated carbocycles. The van der Waals surface area contributed by atoms with Crippen LogP contribution in [0.5, 0.6) is 0 Å². The van der Waals surface area contributed by atoms with Gasteiger partial charge in [-0.1, -0.05) is 82.8 Å². The summed E-state index contributed by atoms with van der Waals surface area (Å²) in [5.41, 5.74) is 4.76. The first-order valence-corrected chi connectivity index (χ1v) is 16.8. The maximum absolute atomic E-state index is 14.2. The van der Waals surface area contributed by atoms with Crippen molar-refractivity contribution >= 4 is 81.6 Å². The standard InChI is InChI=1S/C34H28Cl4N6O3/c1-2-18-6-11-23(12-7-18)43-33(46)30-32(34(43)47)42(41-39-30)17-28(45)44-31(24-13-10-22(36)16-27(24)38)25-5-3-4-20(29(25)40-44)14-19-8-9-21(35)15-26(19)37/h6-16,25,30-32H,2-5,17H2,1H3/b20-14+/t25-,30+,31-,32-/m1/s1. The van der Waals surface area contributed by atoms with Crippen LogP contribution in [0, 0.1) is 5.92 Å². The van der Waals surface area contributed by atoms with Crippen LogP contribution in [0.3, 0.4) is 0 Å². The lowest BCUT2D eigenvalue weighted by Crippen LogP contribution is -2.45. The lowest BCUT2D eigenvalue weighted by molar-refractivity contribution is -0.136. The number of hydrogen-bond donors (Lipinski definition) is 0. The third kappa shape index (κ3) is 5.73. The summed E-state index contributed by atoms with van der Waals surface area (Å²) >= 11 is 25.6. The van der Waals surface area contributed by atoms with Crippen LogP contribution in [0.25, 0.3) is 6.08 Å². The predicted molar refractivity (Wildman–Crippen MR) is 183 cm³/mol. The SMILES string of the molecule is CCc1ccc(N2C(=O)[C@H]3N=NN(CC(=O)N4N=C5/C(=C/c6ccc(Cl)cc6Cl)CCC[C@H]5[C@H]4c4ccc(Cl)cc4Cl)[C@H]3C2=O)cc1. The average molecular weight is 710 g/mol. The van der Waals surface area contributed by atoms with E-state index in [1.807, 2.05) is 37.3 Å². The second-order valence-corrected chi connectivity index (χ2v) is 13.6. The number of fused-ring (bicyclic) bond motifs is 2. The molecule has 3 aromatic carbocycles. The Balaban J connectivity index is 1.20. The van der Waals surface area contributed by atoms with Gasteiger partial charge >= 0.3 is 0 Å². The largest absolute Gasteiger partial charge is 0.271 e. The van der Waals surface area contributed by atoms with Gasteiger partial charge in [-0.25, -0.2) is 9.91 Å². The van der Waals surface area contributed by atoms with Crippen molar-refractivity contribution in [1.29, 1.82) is 0 Å². The van der Waals surface area contributed by atoms with E-state index in [1.165, 1.54) is 10.0 Å². The highest BCUT2D eigenvalue weighted by Crippen LogP contribution is 2.47. The minimum atomic E-state index is -1.03. The summed E-state index contributed by atoms with van der Waals surface area (Å²) in [5, 5.41) is 17.8. The number of halogens is 4. The van der Waals surface area contributed by atoms with Gasteiger partial charge < -0.3 is 0 Å². The molecule has 240 valence electrons. The second kappa shape index (κ2) is 12.7. The van der Waals surface area contributed by atoms with E-state index in [0.29, 0.717) is 31.3 Å². The van der Waals surface area contributed by atoms with Crippen molar-refractivity contribution in [3.05, 3.63) is 103 Å². The molecule has 1 aliphatic carbocycles. The summed E-state index contributed by atoms with van der Waals surface area (Å²) in [4.78, 5) is 42.3. The zero-order valence-corrected chi connectivity index (χ0v) is 28.1. The highest BCUT2D eigenvalue weighted by Gasteiger charge is 2.55. The van der Waals surface area contributed by atoms with Crippen molar-refractivity contribution in [2.24, 2.45) is 21.4 Å². The number of nitrogens with zero attached hydrogens (tertiary/aromatic N) is 6. The fourth-order valence-corrected chi connectivity index (χ4v) is 7.75. The van der Waals surface area contributed by atoms with Crippen molar-refractivity contribution in [2.75, 3.05) is 11.4 Å². The van der Waals surface area contributed by atoms with E-state index in [9.17, 15) is 14.4 Å². The van der Waals surface area contributed by atoms with E-state index < -0.39 is 35.8 Å². The number of hydrogen-bond acceptors (Lipinski definition) is 7. The molecular weight excluding hydrogens is 682 g/mol. The van der Waals surface area contributed by atoms with Crippen molar-refractivity contribution in [3.8, 4) is 0 Å². The minimum absolute atomic E-state index is 0.159. The number of rotatable bonds is 6. The Kier molecular flexibility index (Phi) is 8.59. The van der Waals surface area contributed by atoms with Crippen LogP contribution in [0.2, 0.25) is 20.1 Å². The van der Waals surface area contributed by atoms with Crippen molar-refractivity contribution < 1.29 is 14.4 Å². The molecule has 2 fully saturated rings. The highest BCUT2D eigenvalue weighted by molar-refractivity contribution is 6.36. The van der Waals surface area contributed by atoms with Crippen LogP contribution in [-0.2, 0) is 20.8 Å². The quantitative estimate of drug-likeness (QED) is 0.243. The van der Waals surface area contributed by atoms with Crippen LogP contribution in [0.1, 0.15) is 48.9 Å². The summed E-state index contributed by atoms with van der Waals surface area (Å²) in [5.74, 6) is -1.53. The number of anilines is 1. The van der Waals surface area contributed by atoms with Gasteiger partial charge in [0.2, 0.25) is 0 Å². The lowest BCUT2D eigenvalue weighted by Gasteiger charge is -2.31. The summed E-state index contributed by atoms with van der Waals surface area (Å²) in [6, 6.07) is 15.2. The number of hydrazone groups is 1. The summed E-state index contributed by atoms with van der Waals surface area (Å²) in [6.45, 7) is 1.71. The monoisotopic (exact) mass is 708 g/mol. The summed E-state index contributed by atoms with van der Waals surface area (Å²) in [6.07, 6.45) is 5.19. The molecular formula is C34H28Cl4N6O3. The first kappa shape index (κ1) is 31.8. The molecule has 3 aromatic rings. The number of benzene rings is 3. The van der Waals surface area contributed by atoms with Gasteiger partial charge in [-0.3, -0.25) is 19.4 Å². The first-order valence-electron chi connectivity index (χ1n) is 15.3. The maximum atomic E-state index is 14.2. The van der Waals surface area contributed by atoms with Gasteiger partial charge in [-0.2, -0.15) is 10.2 Å². The Morgan fingerprint density at radius 1 is 0.915 bits per heavy atom. The molecule has 9 nitrogen and oxygen atoms in total. The van der Waals surface area contributed by atoms with Gasteiger partial charge in [0.15, 0.2) is 12.1 Å². The van der Waals surface area contributed by atoms with E-state index in [-0.39, 0.29) is 12.5 Å². The van der Waals surface area contributed by atoms with Crippen LogP contribution < -0.4 is 4.90 Å². The van der Waals surface area contributed by atoms with Gasteiger partial charge in [0.05, 0.1) is 17.4 Å². The number of carbonyl (C=O) groups excluding carboxylic acids is 3. The molecule has 1 saturated heterocycles. The number of imide groups is 1. The zero-order chi connectivity index (χ0) is 33.0. The van der Waals surface area contributed by atoms with Crippen molar-refractivity contribution in [3.63, 3.8) is 0 Å². The third-order valence-corrected chi connectivity index (χ3v) is 10.2. The molecule has 4 atom stereocenters. The number of aryl methyl sites for hydroxylation is 1. The van der Waals surface area contributed by atoms with Crippen molar-refractivity contribution in [1.82, 2.24) is 10.0 Å².